The maximum atomic E-state index is 11.0. The Labute approximate surface area is 123 Å². The highest BCUT2D eigenvalue weighted by Crippen LogP contribution is 2.25. The summed E-state index contributed by atoms with van der Waals surface area (Å²) in [7, 11) is 0. The third-order valence-electron chi connectivity index (χ3n) is 2.64. The zero-order valence-corrected chi connectivity index (χ0v) is 11.3. The van der Waals surface area contributed by atoms with Gasteiger partial charge in [-0.05, 0) is 18.2 Å². The van der Waals surface area contributed by atoms with Crippen LogP contribution in [-0.4, -0.2) is 21.0 Å². The van der Waals surface area contributed by atoms with Crippen molar-refractivity contribution in [1.29, 1.82) is 0 Å². The van der Waals surface area contributed by atoms with Gasteiger partial charge in [-0.1, -0.05) is 11.6 Å². The van der Waals surface area contributed by atoms with Crippen LogP contribution in [0, 0.1) is 10.1 Å². The van der Waals surface area contributed by atoms with E-state index in [2.05, 4.69) is 4.98 Å². The van der Waals surface area contributed by atoms with Gasteiger partial charge in [0.05, 0.1) is 16.7 Å². The lowest BCUT2D eigenvalue weighted by Gasteiger charge is -2.09. The van der Waals surface area contributed by atoms with E-state index in [-0.39, 0.29) is 29.2 Å². The molecule has 0 aliphatic heterocycles. The van der Waals surface area contributed by atoms with Gasteiger partial charge in [0.15, 0.2) is 5.75 Å². The summed E-state index contributed by atoms with van der Waals surface area (Å²) in [6.45, 7) is -0.192. The number of ether oxygens (including phenoxy) is 1. The molecule has 2 rings (SSSR count). The van der Waals surface area contributed by atoms with Crippen LogP contribution < -0.4 is 4.74 Å². The molecule has 8 heteroatoms. The van der Waals surface area contributed by atoms with E-state index < -0.39 is 10.9 Å². The van der Waals surface area contributed by atoms with Gasteiger partial charge in [0.1, 0.15) is 12.2 Å². The van der Waals surface area contributed by atoms with Gasteiger partial charge in [-0.3, -0.25) is 15.1 Å². The van der Waals surface area contributed by atoms with Crippen LogP contribution in [0.2, 0.25) is 5.02 Å². The number of aromatic carboxylic acids is 1. The Morgan fingerprint density at radius 3 is 2.86 bits per heavy atom. The first-order valence-corrected chi connectivity index (χ1v) is 6.09. The summed E-state index contributed by atoms with van der Waals surface area (Å²) in [5.41, 5.74) is 0.0162. The molecule has 0 unspecified atom stereocenters. The lowest BCUT2D eigenvalue weighted by molar-refractivity contribution is -0.385. The van der Waals surface area contributed by atoms with E-state index in [1.807, 2.05) is 0 Å². The maximum Gasteiger partial charge on any atom is 0.339 e. The number of benzene rings is 1. The van der Waals surface area contributed by atoms with Crippen molar-refractivity contribution in [3.05, 3.63) is 62.9 Å². The lowest BCUT2D eigenvalue weighted by atomic mass is 10.2. The first-order chi connectivity index (χ1) is 9.99. The average Bonchev–Trinajstić information content (AvgIpc) is 2.45. The van der Waals surface area contributed by atoms with Crippen LogP contribution in [0.15, 0.2) is 36.7 Å². The van der Waals surface area contributed by atoms with Crippen LogP contribution in [0.4, 0.5) is 5.69 Å². The first-order valence-electron chi connectivity index (χ1n) is 5.72. The van der Waals surface area contributed by atoms with E-state index in [1.165, 1.54) is 36.7 Å². The van der Waals surface area contributed by atoms with Gasteiger partial charge in [0, 0.05) is 17.3 Å². The summed E-state index contributed by atoms with van der Waals surface area (Å²) >= 11 is 5.80. The second-order valence-electron chi connectivity index (χ2n) is 4.00. The number of hydrogen-bond donors (Lipinski definition) is 1. The van der Waals surface area contributed by atoms with Crippen LogP contribution >= 0.6 is 11.6 Å². The summed E-state index contributed by atoms with van der Waals surface area (Å²) in [5, 5.41) is 20.3. The zero-order valence-electron chi connectivity index (χ0n) is 10.5. The summed E-state index contributed by atoms with van der Waals surface area (Å²) < 4.78 is 5.32. The molecule has 1 N–H and O–H groups in total. The van der Waals surface area contributed by atoms with E-state index in [0.29, 0.717) is 5.02 Å². The van der Waals surface area contributed by atoms with Crippen molar-refractivity contribution in [2.24, 2.45) is 0 Å². The fraction of sp³-hybridized carbons (Fsp3) is 0.0769. The van der Waals surface area contributed by atoms with Crippen molar-refractivity contribution in [1.82, 2.24) is 4.98 Å². The molecule has 0 fully saturated rings. The third-order valence-corrected chi connectivity index (χ3v) is 2.87. The number of carboxylic acid groups (broad SMARTS) is 1. The molecule has 0 aliphatic rings. The fourth-order valence-electron chi connectivity index (χ4n) is 1.67. The molecule has 1 aromatic heterocycles. The molecular weight excluding hydrogens is 300 g/mol. The molecule has 0 bridgehead atoms. The number of carboxylic acids is 1. The van der Waals surface area contributed by atoms with Crippen molar-refractivity contribution < 1.29 is 19.6 Å². The van der Waals surface area contributed by atoms with Gasteiger partial charge in [-0.2, -0.15) is 0 Å². The molecule has 0 amide bonds. The fourth-order valence-corrected chi connectivity index (χ4v) is 1.87. The van der Waals surface area contributed by atoms with E-state index >= 15 is 0 Å². The highest BCUT2D eigenvalue weighted by molar-refractivity contribution is 6.30. The molecule has 0 saturated heterocycles. The van der Waals surface area contributed by atoms with E-state index in [1.54, 1.807) is 0 Å². The van der Waals surface area contributed by atoms with Crippen molar-refractivity contribution in [2.45, 2.75) is 6.61 Å². The minimum Gasteiger partial charge on any atom is -0.486 e. The van der Waals surface area contributed by atoms with Crippen LogP contribution in [-0.2, 0) is 6.61 Å². The van der Waals surface area contributed by atoms with E-state index in [9.17, 15) is 14.9 Å². The molecule has 1 aromatic carbocycles. The Kier molecular flexibility index (Phi) is 4.34. The predicted octanol–water partition coefficient (Wildman–Crippen LogP) is 2.92. The first kappa shape index (κ1) is 14.7. The van der Waals surface area contributed by atoms with Gasteiger partial charge in [-0.15, -0.1) is 0 Å². The minimum absolute atomic E-state index is 0.0271. The Hall–Kier alpha value is -2.67. The van der Waals surface area contributed by atoms with Crippen molar-refractivity contribution in [3.63, 3.8) is 0 Å². The van der Waals surface area contributed by atoms with Gasteiger partial charge in [-0.25, -0.2) is 4.79 Å². The zero-order chi connectivity index (χ0) is 15.4. The van der Waals surface area contributed by atoms with Gasteiger partial charge in [0.2, 0.25) is 0 Å². The standard InChI is InChI=1S/C13H9ClN2O5/c14-9-1-2-11(16(19)20)8(5-9)7-21-12-6-15-4-3-10(12)13(17)18/h1-6H,7H2,(H,17,18). The van der Waals surface area contributed by atoms with Crippen LogP contribution in [0.5, 0.6) is 5.75 Å². The highest BCUT2D eigenvalue weighted by Gasteiger charge is 2.16. The van der Waals surface area contributed by atoms with Gasteiger partial charge in [0.25, 0.3) is 5.69 Å². The number of nitro groups is 1. The topological polar surface area (TPSA) is 103 Å². The number of aromatic nitrogens is 1. The Balaban J connectivity index is 2.27. The third kappa shape index (κ3) is 3.46. The van der Waals surface area contributed by atoms with Crippen LogP contribution in [0.25, 0.3) is 0 Å². The van der Waals surface area contributed by atoms with Gasteiger partial charge >= 0.3 is 5.97 Å². The minimum atomic E-state index is -1.17. The second kappa shape index (κ2) is 6.19. The van der Waals surface area contributed by atoms with Crippen LogP contribution in [0.1, 0.15) is 15.9 Å². The summed E-state index contributed by atoms with van der Waals surface area (Å²) in [4.78, 5) is 25.2. The number of nitrogens with zero attached hydrogens (tertiary/aromatic N) is 2. The number of rotatable bonds is 5. The molecule has 0 atom stereocenters. The van der Waals surface area contributed by atoms with E-state index in [4.69, 9.17) is 21.4 Å². The molecule has 1 heterocycles. The summed E-state index contributed by atoms with van der Waals surface area (Å²) in [6, 6.07) is 5.35. The van der Waals surface area contributed by atoms with Crippen molar-refractivity contribution in [3.8, 4) is 5.75 Å². The number of nitro benzene ring substituents is 1. The number of hydrogen-bond acceptors (Lipinski definition) is 5. The molecule has 7 nitrogen and oxygen atoms in total. The molecule has 0 radical (unpaired) electrons. The number of pyridine rings is 1. The Morgan fingerprint density at radius 1 is 1.43 bits per heavy atom. The number of halogens is 1. The predicted molar refractivity (Wildman–Crippen MR) is 73.6 cm³/mol. The largest absolute Gasteiger partial charge is 0.486 e. The molecule has 21 heavy (non-hydrogen) atoms. The molecular formula is C13H9ClN2O5. The Bertz CT molecular complexity index is 705. The average molecular weight is 309 g/mol. The maximum absolute atomic E-state index is 11.0. The Morgan fingerprint density at radius 2 is 2.19 bits per heavy atom. The smallest absolute Gasteiger partial charge is 0.339 e. The molecule has 0 aliphatic carbocycles. The second-order valence-corrected chi connectivity index (χ2v) is 4.43. The monoisotopic (exact) mass is 308 g/mol. The highest BCUT2D eigenvalue weighted by atomic mass is 35.5. The van der Waals surface area contributed by atoms with Crippen molar-refractivity contribution >= 4 is 23.3 Å². The molecule has 108 valence electrons. The molecule has 0 saturated carbocycles. The van der Waals surface area contributed by atoms with Crippen molar-refractivity contribution in [2.75, 3.05) is 0 Å². The molecule has 2 aromatic rings. The summed E-state index contributed by atoms with van der Waals surface area (Å²) in [5.74, 6) is -1.15. The number of carbonyl (C=O) groups is 1. The van der Waals surface area contributed by atoms with Crippen LogP contribution in [0.3, 0.4) is 0 Å². The molecule has 0 spiro atoms. The van der Waals surface area contributed by atoms with E-state index in [0.717, 1.165) is 0 Å². The summed E-state index contributed by atoms with van der Waals surface area (Å²) in [6.07, 6.45) is 2.55. The normalized spacial score (nSPS) is 10.1. The lowest BCUT2D eigenvalue weighted by Crippen LogP contribution is -2.05. The SMILES string of the molecule is O=C(O)c1ccncc1OCc1cc(Cl)ccc1[N+](=O)[O-]. The van der Waals surface area contributed by atoms with Gasteiger partial charge < -0.3 is 9.84 Å². The quantitative estimate of drug-likeness (QED) is 0.673.